The van der Waals surface area contributed by atoms with Crippen LogP contribution in [0.3, 0.4) is 0 Å². The van der Waals surface area contributed by atoms with Gasteiger partial charge in [0.1, 0.15) is 0 Å². The molecule has 0 atom stereocenters. The van der Waals surface area contributed by atoms with Gasteiger partial charge < -0.3 is 0 Å². The van der Waals surface area contributed by atoms with Gasteiger partial charge in [0.15, 0.2) is 6.29 Å². The van der Waals surface area contributed by atoms with Gasteiger partial charge in [-0.05, 0) is 37.3 Å². The molecule has 2 aromatic carbocycles. The zero-order valence-corrected chi connectivity index (χ0v) is 10.9. The Morgan fingerprint density at radius 2 is 1.82 bits per heavy atom. The van der Waals surface area contributed by atoms with Gasteiger partial charge in [-0.25, -0.2) is 0 Å². The van der Waals surface area contributed by atoms with Crippen molar-refractivity contribution < 1.29 is 4.79 Å². The van der Waals surface area contributed by atoms with E-state index in [0.717, 1.165) is 16.1 Å². The van der Waals surface area contributed by atoms with Crippen LogP contribution in [0.5, 0.6) is 0 Å². The summed E-state index contributed by atoms with van der Waals surface area (Å²) in [7, 11) is 0. The molecule has 17 heavy (non-hydrogen) atoms. The minimum Gasteiger partial charge on any atom is -0.298 e. The minimum atomic E-state index is 0.584. The van der Waals surface area contributed by atoms with E-state index in [9.17, 15) is 4.79 Å². The average molecular weight is 263 g/mol. The highest BCUT2D eigenvalue weighted by Gasteiger charge is 2.04. The quantitative estimate of drug-likeness (QED) is 0.752. The summed E-state index contributed by atoms with van der Waals surface area (Å²) in [5.74, 6) is 0. The molecule has 0 aliphatic carbocycles. The highest BCUT2D eigenvalue weighted by atomic mass is 35.5. The van der Waals surface area contributed by atoms with Crippen molar-refractivity contribution in [3.63, 3.8) is 0 Å². The van der Waals surface area contributed by atoms with Crippen LogP contribution in [0, 0.1) is 6.92 Å². The topological polar surface area (TPSA) is 17.1 Å². The second-order valence-electron chi connectivity index (χ2n) is 3.72. The van der Waals surface area contributed by atoms with Crippen molar-refractivity contribution in [1.82, 2.24) is 0 Å². The first-order valence-corrected chi connectivity index (χ1v) is 6.38. The largest absolute Gasteiger partial charge is 0.298 e. The molecule has 2 rings (SSSR count). The van der Waals surface area contributed by atoms with Crippen LogP contribution in [0.2, 0.25) is 5.02 Å². The molecule has 1 nitrogen and oxygen atoms in total. The lowest BCUT2D eigenvalue weighted by molar-refractivity contribution is 0.112. The van der Waals surface area contributed by atoms with Crippen molar-refractivity contribution in [1.29, 1.82) is 0 Å². The van der Waals surface area contributed by atoms with Gasteiger partial charge in [0, 0.05) is 20.4 Å². The van der Waals surface area contributed by atoms with Gasteiger partial charge >= 0.3 is 0 Å². The van der Waals surface area contributed by atoms with Crippen LogP contribution in [-0.2, 0) is 0 Å². The van der Waals surface area contributed by atoms with Crippen LogP contribution in [0.25, 0.3) is 0 Å². The number of halogens is 1. The van der Waals surface area contributed by atoms with Crippen LogP contribution >= 0.6 is 23.4 Å². The molecule has 0 spiro atoms. The molecule has 2 aromatic rings. The van der Waals surface area contributed by atoms with Crippen LogP contribution in [0.1, 0.15) is 15.9 Å². The Morgan fingerprint density at radius 1 is 1.12 bits per heavy atom. The summed E-state index contributed by atoms with van der Waals surface area (Å²) in [5, 5.41) is 0.584. The van der Waals surface area contributed by atoms with Gasteiger partial charge in [-0.1, -0.05) is 41.1 Å². The van der Waals surface area contributed by atoms with E-state index in [1.165, 1.54) is 5.56 Å². The van der Waals surface area contributed by atoms with Crippen molar-refractivity contribution in [3.05, 3.63) is 58.6 Å². The molecule has 86 valence electrons. The van der Waals surface area contributed by atoms with Crippen molar-refractivity contribution in [2.75, 3.05) is 0 Å². The fourth-order valence-electron chi connectivity index (χ4n) is 1.44. The van der Waals surface area contributed by atoms with Gasteiger partial charge in [-0.2, -0.15) is 0 Å². The van der Waals surface area contributed by atoms with Gasteiger partial charge in [0.05, 0.1) is 0 Å². The number of rotatable bonds is 3. The summed E-state index contributed by atoms with van der Waals surface area (Å²) in [6.45, 7) is 2.05. The highest BCUT2D eigenvalue weighted by molar-refractivity contribution is 7.99. The van der Waals surface area contributed by atoms with Crippen molar-refractivity contribution in [3.8, 4) is 0 Å². The Balaban J connectivity index is 2.29. The standard InChI is InChI=1S/C14H11ClOS/c1-10-2-5-13(6-3-10)17-14-7-4-12(15)8-11(14)9-16/h2-9H,1H3. The maximum Gasteiger partial charge on any atom is 0.151 e. The molecule has 0 aromatic heterocycles. The van der Waals surface area contributed by atoms with E-state index < -0.39 is 0 Å². The number of hydrogen-bond donors (Lipinski definition) is 0. The zero-order valence-electron chi connectivity index (χ0n) is 9.31. The molecule has 0 N–H and O–H groups in total. The summed E-state index contributed by atoms with van der Waals surface area (Å²) in [6.07, 6.45) is 0.836. The average Bonchev–Trinajstić information content (AvgIpc) is 2.34. The monoisotopic (exact) mass is 262 g/mol. The minimum absolute atomic E-state index is 0.584. The Kier molecular flexibility index (Phi) is 3.87. The van der Waals surface area contributed by atoms with E-state index in [0.29, 0.717) is 10.6 Å². The SMILES string of the molecule is Cc1ccc(Sc2ccc(Cl)cc2C=O)cc1. The first-order chi connectivity index (χ1) is 8.19. The third-order valence-electron chi connectivity index (χ3n) is 2.35. The molecular formula is C14H11ClOS. The number of aryl methyl sites for hydroxylation is 1. The first-order valence-electron chi connectivity index (χ1n) is 5.18. The van der Waals surface area contributed by atoms with Gasteiger partial charge in [0.25, 0.3) is 0 Å². The lowest BCUT2D eigenvalue weighted by Crippen LogP contribution is -1.85. The summed E-state index contributed by atoms with van der Waals surface area (Å²) < 4.78 is 0. The lowest BCUT2D eigenvalue weighted by Gasteiger charge is -2.05. The van der Waals surface area contributed by atoms with Crippen LogP contribution in [0.15, 0.2) is 52.3 Å². The predicted octanol–water partition coefficient (Wildman–Crippen LogP) is 4.61. The van der Waals surface area contributed by atoms with Crippen LogP contribution in [0.4, 0.5) is 0 Å². The molecule has 0 radical (unpaired) electrons. The van der Waals surface area contributed by atoms with Crippen molar-refractivity contribution in [2.45, 2.75) is 16.7 Å². The lowest BCUT2D eigenvalue weighted by atomic mass is 10.2. The number of benzene rings is 2. The van der Waals surface area contributed by atoms with Crippen LogP contribution < -0.4 is 0 Å². The van der Waals surface area contributed by atoms with E-state index in [1.54, 1.807) is 23.9 Å². The molecule has 0 heterocycles. The van der Waals surface area contributed by atoms with Crippen molar-refractivity contribution >= 4 is 29.6 Å². The van der Waals surface area contributed by atoms with Crippen molar-refractivity contribution in [2.24, 2.45) is 0 Å². The van der Waals surface area contributed by atoms with Gasteiger partial charge in [0.2, 0.25) is 0 Å². The molecule has 0 unspecified atom stereocenters. The number of carbonyl (C=O) groups excluding carboxylic acids is 1. The Labute approximate surface area is 110 Å². The molecule has 0 saturated heterocycles. The highest BCUT2D eigenvalue weighted by Crippen LogP contribution is 2.31. The van der Waals surface area contributed by atoms with E-state index in [-0.39, 0.29) is 0 Å². The van der Waals surface area contributed by atoms with E-state index in [2.05, 4.69) is 12.1 Å². The third-order valence-corrected chi connectivity index (χ3v) is 3.68. The zero-order chi connectivity index (χ0) is 12.3. The predicted molar refractivity (Wildman–Crippen MR) is 72.1 cm³/mol. The molecule has 0 aliphatic heterocycles. The second kappa shape index (κ2) is 5.39. The molecule has 0 fully saturated rings. The number of aldehydes is 1. The summed E-state index contributed by atoms with van der Waals surface area (Å²) in [6, 6.07) is 13.6. The first kappa shape index (κ1) is 12.2. The maximum absolute atomic E-state index is 11.0. The van der Waals surface area contributed by atoms with E-state index >= 15 is 0 Å². The maximum atomic E-state index is 11.0. The molecule has 0 amide bonds. The molecule has 0 aliphatic rings. The number of carbonyl (C=O) groups is 1. The molecule has 0 saturated carbocycles. The third kappa shape index (κ3) is 3.11. The second-order valence-corrected chi connectivity index (χ2v) is 5.27. The summed E-state index contributed by atoms with van der Waals surface area (Å²) in [5.41, 5.74) is 1.85. The van der Waals surface area contributed by atoms with Crippen LogP contribution in [-0.4, -0.2) is 6.29 Å². The Bertz CT molecular complexity index is 534. The van der Waals surface area contributed by atoms with E-state index in [4.69, 9.17) is 11.6 Å². The normalized spacial score (nSPS) is 10.2. The molecular weight excluding hydrogens is 252 g/mol. The molecule has 0 bridgehead atoms. The summed E-state index contributed by atoms with van der Waals surface area (Å²) in [4.78, 5) is 13.0. The fraction of sp³-hybridized carbons (Fsp3) is 0.0714. The molecule has 3 heteroatoms. The summed E-state index contributed by atoms with van der Waals surface area (Å²) >= 11 is 7.42. The number of hydrogen-bond acceptors (Lipinski definition) is 2. The Hall–Kier alpha value is -1.25. The Morgan fingerprint density at radius 3 is 2.47 bits per heavy atom. The van der Waals surface area contributed by atoms with E-state index in [1.807, 2.05) is 25.1 Å². The fourth-order valence-corrected chi connectivity index (χ4v) is 2.51. The van der Waals surface area contributed by atoms with Gasteiger partial charge in [-0.15, -0.1) is 0 Å². The smallest absolute Gasteiger partial charge is 0.151 e. The van der Waals surface area contributed by atoms with Gasteiger partial charge in [-0.3, -0.25) is 4.79 Å².